The second kappa shape index (κ2) is 8.11. The second-order valence-electron chi connectivity index (χ2n) is 5.75. The predicted octanol–water partition coefficient (Wildman–Crippen LogP) is 2.46. The molecule has 1 aliphatic heterocycles. The molecule has 1 aliphatic rings. The van der Waals surface area contributed by atoms with Gasteiger partial charge in [0.15, 0.2) is 0 Å². The molecular weight excluding hydrogens is 338 g/mol. The number of carbonyl (C=O) groups excluding carboxylic acids is 2. The van der Waals surface area contributed by atoms with E-state index < -0.39 is 6.04 Å². The van der Waals surface area contributed by atoms with E-state index in [1.165, 1.54) is 11.3 Å². The number of thiophene rings is 1. The van der Waals surface area contributed by atoms with Gasteiger partial charge in [0.25, 0.3) is 5.91 Å². The Morgan fingerprint density at radius 3 is 3.04 bits per heavy atom. The first-order valence-corrected chi connectivity index (χ1v) is 9.27. The molecule has 2 aromatic heterocycles. The molecule has 1 fully saturated rings. The van der Waals surface area contributed by atoms with Gasteiger partial charge in [0, 0.05) is 24.8 Å². The summed E-state index contributed by atoms with van der Waals surface area (Å²) in [5, 5.41) is 4.79. The van der Waals surface area contributed by atoms with E-state index in [0.717, 1.165) is 12.0 Å². The van der Waals surface area contributed by atoms with Gasteiger partial charge in [-0.25, -0.2) is 4.98 Å². The fraction of sp³-hybridized carbons (Fsp3) is 0.389. The van der Waals surface area contributed by atoms with E-state index >= 15 is 0 Å². The van der Waals surface area contributed by atoms with E-state index in [9.17, 15) is 9.59 Å². The maximum absolute atomic E-state index is 12.6. The summed E-state index contributed by atoms with van der Waals surface area (Å²) < 4.78 is 5.48. The molecule has 3 heterocycles. The first-order valence-electron chi connectivity index (χ1n) is 8.39. The van der Waals surface area contributed by atoms with Crippen molar-refractivity contribution < 1.29 is 14.3 Å². The SMILES string of the molecule is CCOc1ncccc1CNC(=O)[C@@H]1CCCN1C(=O)c1cccs1. The highest BCUT2D eigenvalue weighted by Gasteiger charge is 2.34. The molecule has 2 amide bonds. The lowest BCUT2D eigenvalue weighted by Crippen LogP contribution is -2.45. The molecule has 7 heteroatoms. The number of ether oxygens (including phenoxy) is 1. The first-order chi connectivity index (χ1) is 12.2. The highest BCUT2D eigenvalue weighted by Crippen LogP contribution is 2.22. The van der Waals surface area contributed by atoms with Crippen molar-refractivity contribution in [2.45, 2.75) is 32.4 Å². The zero-order chi connectivity index (χ0) is 17.6. The molecule has 2 aromatic rings. The number of nitrogens with zero attached hydrogens (tertiary/aromatic N) is 2. The monoisotopic (exact) mass is 359 g/mol. The van der Waals surface area contributed by atoms with Crippen LogP contribution in [0.25, 0.3) is 0 Å². The Hall–Kier alpha value is -2.41. The number of hydrogen-bond acceptors (Lipinski definition) is 5. The number of aromatic nitrogens is 1. The lowest BCUT2D eigenvalue weighted by molar-refractivity contribution is -0.125. The molecule has 1 saturated heterocycles. The summed E-state index contributed by atoms with van der Waals surface area (Å²) in [4.78, 5) is 31.7. The quantitative estimate of drug-likeness (QED) is 0.860. The molecule has 25 heavy (non-hydrogen) atoms. The number of carbonyl (C=O) groups is 2. The highest BCUT2D eigenvalue weighted by molar-refractivity contribution is 7.12. The Bertz CT molecular complexity index is 733. The van der Waals surface area contributed by atoms with Crippen molar-refractivity contribution in [3.63, 3.8) is 0 Å². The topological polar surface area (TPSA) is 71.5 Å². The van der Waals surface area contributed by atoms with E-state index in [4.69, 9.17) is 4.74 Å². The molecule has 0 saturated carbocycles. The number of amides is 2. The number of rotatable bonds is 6. The molecule has 1 atom stereocenters. The van der Waals surface area contributed by atoms with Gasteiger partial charge in [-0.15, -0.1) is 11.3 Å². The predicted molar refractivity (Wildman–Crippen MR) is 95.6 cm³/mol. The fourth-order valence-electron chi connectivity index (χ4n) is 2.95. The molecule has 0 aliphatic carbocycles. The third-order valence-electron chi connectivity index (χ3n) is 4.13. The summed E-state index contributed by atoms with van der Waals surface area (Å²) >= 11 is 1.40. The number of nitrogens with one attached hydrogen (secondary N) is 1. The van der Waals surface area contributed by atoms with Crippen LogP contribution in [0.3, 0.4) is 0 Å². The average molecular weight is 359 g/mol. The number of hydrogen-bond donors (Lipinski definition) is 1. The third-order valence-corrected chi connectivity index (χ3v) is 4.99. The van der Waals surface area contributed by atoms with E-state index in [-0.39, 0.29) is 11.8 Å². The summed E-state index contributed by atoms with van der Waals surface area (Å²) in [6.07, 6.45) is 3.19. The Balaban J connectivity index is 1.64. The van der Waals surface area contributed by atoms with Gasteiger partial charge in [-0.05, 0) is 37.3 Å². The maximum atomic E-state index is 12.6. The molecule has 0 aromatic carbocycles. The van der Waals surface area contributed by atoms with Crippen molar-refractivity contribution >= 4 is 23.2 Å². The minimum absolute atomic E-state index is 0.0657. The fourth-order valence-corrected chi connectivity index (χ4v) is 3.63. The van der Waals surface area contributed by atoms with Gasteiger partial charge in [-0.3, -0.25) is 9.59 Å². The summed E-state index contributed by atoms with van der Waals surface area (Å²) in [6, 6.07) is 6.92. The molecule has 6 nitrogen and oxygen atoms in total. The van der Waals surface area contributed by atoms with E-state index in [0.29, 0.717) is 36.9 Å². The second-order valence-corrected chi connectivity index (χ2v) is 6.70. The van der Waals surface area contributed by atoms with Crippen molar-refractivity contribution in [1.82, 2.24) is 15.2 Å². The van der Waals surface area contributed by atoms with Crippen LogP contribution in [0.5, 0.6) is 5.88 Å². The van der Waals surface area contributed by atoms with Crippen molar-refractivity contribution in [3.8, 4) is 5.88 Å². The molecule has 0 radical (unpaired) electrons. The molecule has 0 unspecified atom stereocenters. The van der Waals surface area contributed by atoms with Gasteiger partial charge >= 0.3 is 0 Å². The van der Waals surface area contributed by atoms with Crippen LogP contribution in [0.4, 0.5) is 0 Å². The van der Waals surface area contributed by atoms with Gasteiger partial charge in [-0.2, -0.15) is 0 Å². The largest absolute Gasteiger partial charge is 0.478 e. The summed E-state index contributed by atoms with van der Waals surface area (Å²) in [7, 11) is 0. The van der Waals surface area contributed by atoms with Crippen LogP contribution in [0.15, 0.2) is 35.8 Å². The Morgan fingerprint density at radius 2 is 2.28 bits per heavy atom. The van der Waals surface area contributed by atoms with Gasteiger partial charge < -0.3 is 15.0 Å². The van der Waals surface area contributed by atoms with Crippen molar-refractivity contribution in [1.29, 1.82) is 0 Å². The van der Waals surface area contributed by atoms with Crippen LogP contribution in [0, 0.1) is 0 Å². The van der Waals surface area contributed by atoms with Gasteiger partial charge in [0.05, 0.1) is 11.5 Å². The van der Waals surface area contributed by atoms with Gasteiger partial charge in [-0.1, -0.05) is 12.1 Å². The molecule has 3 rings (SSSR count). The minimum Gasteiger partial charge on any atom is -0.478 e. The zero-order valence-corrected chi connectivity index (χ0v) is 14.9. The zero-order valence-electron chi connectivity index (χ0n) is 14.1. The standard InChI is InChI=1S/C18H21N3O3S/c1-2-24-17-13(6-3-9-19-17)12-20-16(22)14-7-4-10-21(14)18(23)15-8-5-11-25-15/h3,5-6,8-9,11,14H,2,4,7,10,12H2,1H3,(H,20,22)/t14-/m0/s1. The van der Waals surface area contributed by atoms with Crippen LogP contribution in [0.2, 0.25) is 0 Å². The summed E-state index contributed by atoms with van der Waals surface area (Å²) in [5.41, 5.74) is 0.826. The summed E-state index contributed by atoms with van der Waals surface area (Å²) in [6.45, 7) is 3.36. The van der Waals surface area contributed by atoms with Crippen LogP contribution >= 0.6 is 11.3 Å². The molecule has 132 valence electrons. The normalized spacial score (nSPS) is 16.7. The Labute approximate surface area is 150 Å². The van der Waals surface area contributed by atoms with Crippen molar-refractivity contribution in [3.05, 3.63) is 46.3 Å². The lowest BCUT2D eigenvalue weighted by Gasteiger charge is -2.23. The smallest absolute Gasteiger partial charge is 0.264 e. The molecule has 1 N–H and O–H groups in total. The lowest BCUT2D eigenvalue weighted by atomic mass is 10.2. The number of likely N-dealkylation sites (tertiary alicyclic amines) is 1. The van der Waals surface area contributed by atoms with Gasteiger partial charge in [0.2, 0.25) is 11.8 Å². The van der Waals surface area contributed by atoms with Crippen molar-refractivity contribution in [2.24, 2.45) is 0 Å². The minimum atomic E-state index is -0.415. The van der Waals surface area contributed by atoms with Crippen LogP contribution in [-0.4, -0.2) is 40.9 Å². The van der Waals surface area contributed by atoms with Crippen LogP contribution in [-0.2, 0) is 11.3 Å². The van der Waals surface area contributed by atoms with Crippen LogP contribution in [0.1, 0.15) is 35.0 Å². The highest BCUT2D eigenvalue weighted by atomic mass is 32.1. The third kappa shape index (κ3) is 3.99. The van der Waals surface area contributed by atoms with Crippen LogP contribution < -0.4 is 10.1 Å². The molecule has 0 bridgehead atoms. The maximum Gasteiger partial charge on any atom is 0.264 e. The molecule has 0 spiro atoms. The summed E-state index contributed by atoms with van der Waals surface area (Å²) in [5.74, 6) is 0.334. The molecular formula is C18H21N3O3S. The van der Waals surface area contributed by atoms with E-state index in [2.05, 4.69) is 10.3 Å². The Morgan fingerprint density at radius 1 is 1.40 bits per heavy atom. The van der Waals surface area contributed by atoms with Gasteiger partial charge in [0.1, 0.15) is 6.04 Å². The number of pyridine rings is 1. The van der Waals surface area contributed by atoms with E-state index in [1.54, 1.807) is 17.2 Å². The van der Waals surface area contributed by atoms with E-state index in [1.807, 2.05) is 30.5 Å². The van der Waals surface area contributed by atoms with Crippen molar-refractivity contribution in [2.75, 3.05) is 13.2 Å². The Kier molecular flexibility index (Phi) is 5.65. The first kappa shape index (κ1) is 17.4. The average Bonchev–Trinajstić information content (AvgIpc) is 3.32.